The molecule has 14 heavy (non-hydrogen) atoms. The van der Waals surface area contributed by atoms with Crippen LogP contribution in [0.4, 0.5) is 8.78 Å². The summed E-state index contributed by atoms with van der Waals surface area (Å²) in [4.78, 5) is 0. The number of alkyl halides is 3. The maximum atomic E-state index is 11.9. The molecule has 0 bridgehead atoms. The van der Waals surface area contributed by atoms with Crippen LogP contribution in [0.5, 0.6) is 0 Å². The minimum atomic E-state index is -3.60. The van der Waals surface area contributed by atoms with Crippen LogP contribution in [0.1, 0.15) is 6.92 Å². The molecule has 0 aromatic heterocycles. The number of halogens is 3. The van der Waals surface area contributed by atoms with E-state index in [1.54, 1.807) is 6.92 Å². The second-order valence-corrected chi connectivity index (χ2v) is 5.64. The third kappa shape index (κ3) is 5.07. The molecule has 1 unspecified atom stereocenters. The summed E-state index contributed by atoms with van der Waals surface area (Å²) in [5.41, 5.74) is 0. The van der Waals surface area contributed by atoms with Gasteiger partial charge in [-0.3, -0.25) is 0 Å². The Kier molecular flexibility index (Phi) is 5.85. The van der Waals surface area contributed by atoms with Gasteiger partial charge >= 0.3 is 0 Å². The van der Waals surface area contributed by atoms with E-state index in [2.05, 4.69) is 0 Å². The molecule has 0 amide bonds. The summed E-state index contributed by atoms with van der Waals surface area (Å²) >= 11 is 5.44. The van der Waals surface area contributed by atoms with E-state index < -0.39 is 23.0 Å². The summed E-state index contributed by atoms with van der Waals surface area (Å²) in [7, 11) is -2.46. The molecule has 0 N–H and O–H groups in total. The van der Waals surface area contributed by atoms with Crippen molar-refractivity contribution in [3.05, 3.63) is 0 Å². The molecule has 0 saturated heterocycles. The van der Waals surface area contributed by atoms with E-state index in [0.717, 1.165) is 7.05 Å². The maximum absolute atomic E-state index is 11.9. The summed E-state index contributed by atoms with van der Waals surface area (Å²) in [6.45, 7) is 0.887. The van der Waals surface area contributed by atoms with Crippen molar-refractivity contribution in [3.63, 3.8) is 0 Å². The van der Waals surface area contributed by atoms with Crippen LogP contribution in [0.25, 0.3) is 0 Å². The van der Waals surface area contributed by atoms with Crippen molar-refractivity contribution in [2.45, 2.75) is 13.3 Å². The van der Waals surface area contributed by atoms with E-state index in [1.807, 2.05) is 0 Å². The molecule has 0 aliphatic carbocycles. The number of rotatable bonds is 6. The predicted octanol–water partition coefficient (Wildman–Crippen LogP) is 1.39. The summed E-state index contributed by atoms with van der Waals surface area (Å²) in [5.74, 6) is -0.233. The fraction of sp³-hybridized carbons (Fsp3) is 1.00. The van der Waals surface area contributed by atoms with Crippen LogP contribution in [-0.2, 0) is 10.0 Å². The van der Waals surface area contributed by atoms with Crippen molar-refractivity contribution in [1.82, 2.24) is 4.31 Å². The van der Waals surface area contributed by atoms with Gasteiger partial charge in [0.05, 0.1) is 12.3 Å². The van der Waals surface area contributed by atoms with Crippen LogP contribution < -0.4 is 0 Å². The Balaban J connectivity index is 4.31. The Hall–Kier alpha value is 0.0600. The molecule has 0 fully saturated rings. The van der Waals surface area contributed by atoms with E-state index in [9.17, 15) is 17.2 Å². The molecule has 0 aromatic carbocycles. The highest BCUT2D eigenvalue weighted by atomic mass is 35.5. The predicted molar refractivity (Wildman–Crippen MR) is 52.3 cm³/mol. The molecular formula is C7H14ClF2NO2S. The zero-order valence-electron chi connectivity index (χ0n) is 8.08. The fourth-order valence-electron chi connectivity index (χ4n) is 0.839. The Morgan fingerprint density at radius 3 is 2.29 bits per heavy atom. The second kappa shape index (κ2) is 5.82. The van der Waals surface area contributed by atoms with Crippen molar-refractivity contribution < 1.29 is 17.2 Å². The van der Waals surface area contributed by atoms with Gasteiger partial charge in [0.25, 0.3) is 6.43 Å². The largest absolute Gasteiger partial charge is 0.252 e. The first kappa shape index (κ1) is 14.1. The Bertz CT molecular complexity index is 258. The molecule has 1 atom stereocenters. The summed E-state index contributed by atoms with van der Waals surface area (Å²) < 4.78 is 47.2. The first-order chi connectivity index (χ1) is 6.29. The lowest BCUT2D eigenvalue weighted by Crippen LogP contribution is -2.35. The molecule has 86 valence electrons. The average Bonchev–Trinajstić information content (AvgIpc) is 2.02. The topological polar surface area (TPSA) is 37.4 Å². The lowest BCUT2D eigenvalue weighted by molar-refractivity contribution is 0.126. The van der Waals surface area contributed by atoms with E-state index in [-0.39, 0.29) is 17.6 Å². The van der Waals surface area contributed by atoms with Gasteiger partial charge in [-0.1, -0.05) is 6.92 Å². The van der Waals surface area contributed by atoms with Gasteiger partial charge < -0.3 is 0 Å². The molecule has 0 saturated carbocycles. The molecule has 0 rings (SSSR count). The van der Waals surface area contributed by atoms with Crippen molar-refractivity contribution in [2.24, 2.45) is 5.92 Å². The number of hydrogen-bond acceptors (Lipinski definition) is 2. The zero-order valence-corrected chi connectivity index (χ0v) is 9.65. The molecule has 0 radical (unpaired) electrons. The third-order valence-corrected chi connectivity index (χ3v) is 4.24. The van der Waals surface area contributed by atoms with Gasteiger partial charge in [0, 0.05) is 12.9 Å². The SMILES string of the molecule is CC(CCl)CS(=O)(=O)N(C)CC(F)F. The fourth-order valence-corrected chi connectivity index (χ4v) is 2.51. The van der Waals surface area contributed by atoms with Gasteiger partial charge in [0.15, 0.2) is 0 Å². The molecule has 0 aliphatic rings. The molecule has 0 aliphatic heterocycles. The van der Waals surface area contributed by atoms with E-state index in [1.165, 1.54) is 0 Å². The van der Waals surface area contributed by atoms with Crippen LogP contribution in [-0.4, -0.2) is 44.4 Å². The second-order valence-electron chi connectivity index (χ2n) is 3.21. The highest BCUT2D eigenvalue weighted by molar-refractivity contribution is 7.89. The molecule has 7 heteroatoms. The van der Waals surface area contributed by atoms with Crippen molar-refractivity contribution in [1.29, 1.82) is 0 Å². The number of hydrogen-bond donors (Lipinski definition) is 0. The highest BCUT2D eigenvalue weighted by Crippen LogP contribution is 2.09. The molecule has 0 heterocycles. The van der Waals surface area contributed by atoms with Crippen molar-refractivity contribution in [3.8, 4) is 0 Å². The standard InChI is InChI=1S/C7H14ClF2NO2S/c1-6(3-8)5-14(12,13)11(2)4-7(9)10/h6-7H,3-5H2,1-2H3. The lowest BCUT2D eigenvalue weighted by Gasteiger charge is -2.18. The lowest BCUT2D eigenvalue weighted by atomic mass is 10.3. The van der Waals surface area contributed by atoms with Crippen LogP contribution in [0.15, 0.2) is 0 Å². The van der Waals surface area contributed by atoms with Crippen LogP contribution in [0, 0.1) is 5.92 Å². The normalized spacial score (nSPS) is 15.1. The minimum Gasteiger partial charge on any atom is -0.212 e. The van der Waals surface area contributed by atoms with Crippen LogP contribution >= 0.6 is 11.6 Å². The smallest absolute Gasteiger partial charge is 0.212 e. The zero-order chi connectivity index (χ0) is 11.4. The van der Waals surface area contributed by atoms with Gasteiger partial charge in [-0.2, -0.15) is 4.31 Å². The van der Waals surface area contributed by atoms with Gasteiger partial charge in [0.1, 0.15) is 0 Å². The van der Waals surface area contributed by atoms with Gasteiger partial charge in [-0.15, -0.1) is 11.6 Å². The molecule has 3 nitrogen and oxygen atoms in total. The number of nitrogens with zero attached hydrogens (tertiary/aromatic N) is 1. The monoisotopic (exact) mass is 249 g/mol. The minimum absolute atomic E-state index is 0.195. The Morgan fingerprint density at radius 2 is 1.93 bits per heavy atom. The van der Waals surface area contributed by atoms with Crippen molar-refractivity contribution in [2.75, 3.05) is 25.2 Å². The Labute approximate surface area is 88.1 Å². The first-order valence-electron chi connectivity index (χ1n) is 4.07. The van der Waals surface area contributed by atoms with Crippen molar-refractivity contribution >= 4 is 21.6 Å². The van der Waals surface area contributed by atoms with E-state index in [4.69, 9.17) is 11.6 Å². The average molecular weight is 250 g/mol. The molecule has 0 aromatic rings. The van der Waals surface area contributed by atoms with E-state index >= 15 is 0 Å². The van der Waals surface area contributed by atoms with Gasteiger partial charge in [-0.05, 0) is 5.92 Å². The third-order valence-electron chi connectivity index (χ3n) is 1.63. The van der Waals surface area contributed by atoms with Gasteiger partial charge in [0.2, 0.25) is 10.0 Å². The molecular weight excluding hydrogens is 236 g/mol. The van der Waals surface area contributed by atoms with Crippen LogP contribution in [0.3, 0.4) is 0 Å². The van der Waals surface area contributed by atoms with Gasteiger partial charge in [-0.25, -0.2) is 17.2 Å². The summed E-state index contributed by atoms with van der Waals surface area (Å²) in [6, 6.07) is 0. The molecule has 0 spiro atoms. The number of sulfonamides is 1. The maximum Gasteiger partial charge on any atom is 0.252 e. The quantitative estimate of drug-likeness (QED) is 0.667. The summed E-state index contributed by atoms with van der Waals surface area (Å²) in [5, 5.41) is 0. The first-order valence-corrected chi connectivity index (χ1v) is 6.22. The van der Waals surface area contributed by atoms with E-state index in [0.29, 0.717) is 4.31 Å². The highest BCUT2D eigenvalue weighted by Gasteiger charge is 2.23. The van der Waals surface area contributed by atoms with Crippen LogP contribution in [0.2, 0.25) is 0 Å². The summed E-state index contributed by atoms with van der Waals surface area (Å²) in [6.07, 6.45) is -2.65. The Morgan fingerprint density at radius 1 is 1.43 bits per heavy atom.